The maximum absolute atomic E-state index is 5.08. The van der Waals surface area contributed by atoms with Crippen molar-refractivity contribution in [3.05, 3.63) is 5.32 Å². The summed E-state index contributed by atoms with van der Waals surface area (Å²) >= 11 is 0. The molecule has 2 nitrogen and oxygen atoms in total. The van der Waals surface area contributed by atoms with Crippen molar-refractivity contribution in [2.45, 2.75) is 13.3 Å². The molecule has 0 bridgehead atoms. The van der Waals surface area contributed by atoms with Gasteiger partial charge in [0.15, 0.2) is 0 Å². The minimum Gasteiger partial charge on any atom is -0.665 e. The molecule has 0 aromatic carbocycles. The summed E-state index contributed by atoms with van der Waals surface area (Å²) in [6.45, 7) is 4.61. The highest BCUT2D eigenvalue weighted by molar-refractivity contribution is 4.67. The Morgan fingerprint density at radius 2 is 2.25 bits per heavy atom. The van der Waals surface area contributed by atoms with E-state index in [1.807, 2.05) is 14.0 Å². The fraction of sp³-hybridized carbons (Fsp3) is 1.00. The van der Waals surface area contributed by atoms with Gasteiger partial charge in [0.05, 0.1) is 0 Å². The maximum atomic E-state index is 5.08. The zero-order valence-electron chi connectivity index (χ0n) is 5.68. The average molecular weight is 116 g/mol. The number of hydrogen-bond donors (Lipinski definition) is 0. The van der Waals surface area contributed by atoms with E-state index in [9.17, 15) is 0 Å². The Kier molecular flexibility index (Phi) is 6.85. The van der Waals surface area contributed by atoms with Crippen LogP contribution in [0.2, 0.25) is 0 Å². The zero-order chi connectivity index (χ0) is 6.24. The lowest BCUT2D eigenvalue weighted by atomic mass is 10.4. The Bertz CT molecular complexity index is 33.5. The second-order valence-corrected chi connectivity index (χ2v) is 1.59. The molecule has 2 heteroatoms. The van der Waals surface area contributed by atoms with E-state index in [1.54, 1.807) is 0 Å². The Labute approximate surface area is 51.2 Å². The smallest absolute Gasteiger partial charge is 0.0449 e. The van der Waals surface area contributed by atoms with Crippen LogP contribution in [0.3, 0.4) is 0 Å². The fourth-order valence-corrected chi connectivity index (χ4v) is 0.469. The summed E-state index contributed by atoms with van der Waals surface area (Å²) in [5, 5.41) is 3.93. The molecule has 0 rings (SSSR count). The quantitative estimate of drug-likeness (QED) is 0.498. The number of rotatable bonds is 5. The van der Waals surface area contributed by atoms with Gasteiger partial charge in [0, 0.05) is 13.2 Å². The maximum Gasteiger partial charge on any atom is 0.0449 e. The van der Waals surface area contributed by atoms with Crippen molar-refractivity contribution >= 4 is 0 Å². The van der Waals surface area contributed by atoms with Crippen molar-refractivity contribution in [1.29, 1.82) is 0 Å². The molecule has 0 aromatic heterocycles. The lowest BCUT2D eigenvalue weighted by Gasteiger charge is -2.08. The molecule has 0 unspecified atom stereocenters. The molecule has 0 atom stereocenters. The first kappa shape index (κ1) is 7.92. The molecule has 0 aliphatic carbocycles. The molecule has 0 saturated carbocycles. The van der Waals surface area contributed by atoms with Crippen LogP contribution in [0.5, 0.6) is 0 Å². The second-order valence-electron chi connectivity index (χ2n) is 1.59. The van der Waals surface area contributed by atoms with Crippen LogP contribution in [0.4, 0.5) is 0 Å². The Hall–Kier alpha value is -0.0800. The highest BCUT2D eigenvalue weighted by Gasteiger charge is 1.76. The summed E-state index contributed by atoms with van der Waals surface area (Å²) in [5.41, 5.74) is 0. The topological polar surface area (TPSA) is 23.3 Å². The highest BCUT2D eigenvalue weighted by Crippen LogP contribution is 1.85. The van der Waals surface area contributed by atoms with E-state index in [-0.39, 0.29) is 0 Å². The van der Waals surface area contributed by atoms with Gasteiger partial charge in [-0.2, -0.15) is 7.05 Å². The van der Waals surface area contributed by atoms with Crippen molar-refractivity contribution in [3.8, 4) is 0 Å². The summed E-state index contributed by atoms with van der Waals surface area (Å²) in [6.07, 6.45) is 1.06. The van der Waals surface area contributed by atoms with E-state index >= 15 is 0 Å². The van der Waals surface area contributed by atoms with Gasteiger partial charge in [0.1, 0.15) is 0 Å². The Morgan fingerprint density at radius 1 is 1.50 bits per heavy atom. The van der Waals surface area contributed by atoms with Crippen molar-refractivity contribution in [2.75, 3.05) is 26.8 Å². The van der Waals surface area contributed by atoms with Crippen molar-refractivity contribution in [1.82, 2.24) is 0 Å². The molecule has 0 aliphatic rings. The third-order valence-electron chi connectivity index (χ3n) is 0.875. The minimum atomic E-state index is 0.823. The van der Waals surface area contributed by atoms with Gasteiger partial charge < -0.3 is 10.1 Å². The summed E-state index contributed by atoms with van der Waals surface area (Å²) in [5.74, 6) is 0. The number of hydrogen-bond acceptors (Lipinski definition) is 1. The van der Waals surface area contributed by atoms with Crippen molar-refractivity contribution in [3.63, 3.8) is 0 Å². The first-order valence-corrected chi connectivity index (χ1v) is 3.05. The normalized spacial score (nSPS) is 9.75. The van der Waals surface area contributed by atoms with Crippen LogP contribution in [0.1, 0.15) is 13.3 Å². The first-order valence-electron chi connectivity index (χ1n) is 3.05. The summed E-state index contributed by atoms with van der Waals surface area (Å²) in [6, 6.07) is 0. The molecular weight excluding hydrogens is 102 g/mol. The number of nitrogens with zero attached hydrogens (tertiary/aromatic N) is 1. The molecule has 8 heavy (non-hydrogen) atoms. The molecule has 0 N–H and O–H groups in total. The standard InChI is InChI=1S/C6H14NO/c1-3-8-6-4-5-7-2/h3-6H2,1-2H3/q-1. The van der Waals surface area contributed by atoms with Crippen LogP contribution >= 0.6 is 0 Å². The SMILES string of the molecule is CCOCCC[N-]C. The Morgan fingerprint density at radius 3 is 2.75 bits per heavy atom. The highest BCUT2D eigenvalue weighted by atomic mass is 16.5. The van der Waals surface area contributed by atoms with E-state index in [4.69, 9.17) is 4.74 Å². The van der Waals surface area contributed by atoms with E-state index in [1.165, 1.54) is 0 Å². The second kappa shape index (κ2) is 6.92. The lowest BCUT2D eigenvalue weighted by molar-refractivity contribution is 0.147. The van der Waals surface area contributed by atoms with Gasteiger partial charge in [-0.15, -0.1) is 6.54 Å². The van der Waals surface area contributed by atoms with Crippen LogP contribution < -0.4 is 0 Å². The van der Waals surface area contributed by atoms with Crippen LogP contribution in [-0.2, 0) is 4.74 Å². The molecule has 0 saturated heterocycles. The molecule has 0 fully saturated rings. The summed E-state index contributed by atoms with van der Waals surface area (Å²) < 4.78 is 5.08. The Balaban J connectivity index is 2.53. The lowest BCUT2D eigenvalue weighted by Crippen LogP contribution is -1.95. The van der Waals surface area contributed by atoms with Crippen molar-refractivity contribution in [2.24, 2.45) is 0 Å². The van der Waals surface area contributed by atoms with E-state index in [0.29, 0.717) is 0 Å². The van der Waals surface area contributed by atoms with Gasteiger partial charge in [0.25, 0.3) is 0 Å². The monoisotopic (exact) mass is 116 g/mol. The molecule has 0 spiro atoms. The third kappa shape index (κ3) is 5.92. The molecule has 0 radical (unpaired) electrons. The fourth-order valence-electron chi connectivity index (χ4n) is 0.469. The number of ether oxygens (including phenoxy) is 1. The van der Waals surface area contributed by atoms with Crippen LogP contribution in [0.15, 0.2) is 0 Å². The van der Waals surface area contributed by atoms with Gasteiger partial charge in [0.2, 0.25) is 0 Å². The molecule has 0 aromatic rings. The summed E-state index contributed by atoms with van der Waals surface area (Å²) in [4.78, 5) is 0. The van der Waals surface area contributed by atoms with E-state index in [0.717, 1.165) is 26.2 Å². The molecule has 0 heterocycles. The van der Waals surface area contributed by atoms with Gasteiger partial charge in [-0.25, -0.2) is 0 Å². The van der Waals surface area contributed by atoms with Crippen molar-refractivity contribution < 1.29 is 4.74 Å². The first-order chi connectivity index (χ1) is 3.91. The van der Waals surface area contributed by atoms with E-state index in [2.05, 4.69) is 5.32 Å². The average Bonchev–Trinajstić information content (AvgIpc) is 1.81. The van der Waals surface area contributed by atoms with Gasteiger partial charge in [-0.1, -0.05) is 0 Å². The van der Waals surface area contributed by atoms with Crippen LogP contribution in [0.25, 0.3) is 5.32 Å². The third-order valence-corrected chi connectivity index (χ3v) is 0.875. The minimum absolute atomic E-state index is 0.823. The van der Waals surface area contributed by atoms with Crippen LogP contribution in [-0.4, -0.2) is 26.8 Å². The molecule has 0 amide bonds. The van der Waals surface area contributed by atoms with E-state index < -0.39 is 0 Å². The van der Waals surface area contributed by atoms with Gasteiger partial charge in [-0.3, -0.25) is 0 Å². The predicted molar refractivity (Wildman–Crippen MR) is 35.3 cm³/mol. The van der Waals surface area contributed by atoms with Crippen LogP contribution in [0, 0.1) is 0 Å². The molecule has 50 valence electrons. The summed E-state index contributed by atoms with van der Waals surface area (Å²) in [7, 11) is 1.83. The largest absolute Gasteiger partial charge is 0.665 e. The molecular formula is C6H14NO-. The molecule has 0 aliphatic heterocycles. The van der Waals surface area contributed by atoms with Gasteiger partial charge >= 0.3 is 0 Å². The van der Waals surface area contributed by atoms with Gasteiger partial charge in [-0.05, 0) is 13.3 Å². The predicted octanol–water partition coefficient (Wildman–Crippen LogP) is 1.42. The zero-order valence-corrected chi connectivity index (χ0v) is 5.68.